The number of carbonyl (C=O) groups excluding carboxylic acids is 2. The summed E-state index contributed by atoms with van der Waals surface area (Å²) in [5, 5.41) is 6.15. The molecule has 0 bridgehead atoms. The highest BCUT2D eigenvalue weighted by Crippen LogP contribution is 2.23. The third-order valence-electron chi connectivity index (χ3n) is 3.70. The molecular formula is C20H16ClN3O2. The molecule has 0 fully saturated rings. The second-order valence-electron chi connectivity index (χ2n) is 5.65. The molecular weight excluding hydrogens is 350 g/mol. The van der Waals surface area contributed by atoms with E-state index in [9.17, 15) is 9.59 Å². The van der Waals surface area contributed by atoms with Gasteiger partial charge in [-0.3, -0.25) is 14.6 Å². The molecule has 0 aliphatic rings. The molecule has 0 spiro atoms. The minimum atomic E-state index is -0.300. The van der Waals surface area contributed by atoms with E-state index in [1.165, 1.54) is 6.20 Å². The maximum atomic E-state index is 12.4. The molecule has 5 nitrogen and oxygen atoms in total. The number of rotatable bonds is 4. The van der Waals surface area contributed by atoms with Crippen molar-refractivity contribution in [1.29, 1.82) is 0 Å². The van der Waals surface area contributed by atoms with Crippen LogP contribution in [-0.4, -0.2) is 16.8 Å². The van der Waals surface area contributed by atoms with Gasteiger partial charge in [-0.05, 0) is 55.5 Å². The van der Waals surface area contributed by atoms with Crippen LogP contribution in [0.15, 0.2) is 66.9 Å². The zero-order chi connectivity index (χ0) is 18.5. The fourth-order valence-corrected chi connectivity index (χ4v) is 2.42. The molecule has 0 unspecified atom stereocenters. The van der Waals surface area contributed by atoms with Crippen LogP contribution in [0.25, 0.3) is 0 Å². The summed E-state index contributed by atoms with van der Waals surface area (Å²) in [6, 6.07) is 17.0. The fraction of sp³-hybridized carbons (Fsp3) is 0.0500. The van der Waals surface area contributed by atoms with Crippen LogP contribution < -0.4 is 10.6 Å². The number of halogens is 1. The Labute approximate surface area is 156 Å². The van der Waals surface area contributed by atoms with Gasteiger partial charge < -0.3 is 10.6 Å². The molecule has 0 radical (unpaired) electrons. The van der Waals surface area contributed by atoms with Gasteiger partial charge in [-0.1, -0.05) is 23.7 Å². The number of amides is 2. The molecule has 2 aromatic carbocycles. The van der Waals surface area contributed by atoms with Crippen LogP contribution in [0.5, 0.6) is 0 Å². The second kappa shape index (κ2) is 7.80. The van der Waals surface area contributed by atoms with Gasteiger partial charge in [0, 0.05) is 22.5 Å². The van der Waals surface area contributed by atoms with E-state index < -0.39 is 0 Å². The number of anilines is 2. The Morgan fingerprint density at radius 3 is 1.88 bits per heavy atom. The number of aromatic nitrogens is 1. The molecule has 0 atom stereocenters. The molecule has 0 saturated heterocycles. The molecule has 0 aliphatic carbocycles. The number of aryl methyl sites for hydroxylation is 1. The van der Waals surface area contributed by atoms with Gasteiger partial charge in [0.1, 0.15) is 0 Å². The maximum Gasteiger partial charge on any atom is 0.257 e. The van der Waals surface area contributed by atoms with Crippen LogP contribution in [0.1, 0.15) is 26.4 Å². The highest BCUT2D eigenvalue weighted by Gasteiger charge is 2.12. The summed E-state index contributed by atoms with van der Waals surface area (Å²) in [5.41, 5.74) is 2.74. The molecule has 1 aromatic heterocycles. The predicted octanol–water partition coefficient (Wildman–Crippen LogP) is 4.55. The largest absolute Gasteiger partial charge is 0.320 e. The lowest BCUT2D eigenvalue weighted by Gasteiger charge is -2.12. The average Bonchev–Trinajstić information content (AvgIpc) is 2.64. The number of pyridine rings is 1. The summed E-state index contributed by atoms with van der Waals surface area (Å²) >= 11 is 5.84. The molecule has 3 aromatic rings. The third kappa shape index (κ3) is 4.26. The standard InChI is InChI=1S/C20H16ClN3O2/c1-13-6-7-15(12-22-13)20(26)24-18-5-3-2-4-17(18)23-19(25)14-8-10-16(21)11-9-14/h2-12H,1H3,(H,23,25)(H,24,26). The van der Waals surface area contributed by atoms with Crippen LogP contribution in [0.4, 0.5) is 11.4 Å². The van der Waals surface area contributed by atoms with E-state index in [-0.39, 0.29) is 11.8 Å². The monoisotopic (exact) mass is 365 g/mol. The molecule has 130 valence electrons. The van der Waals surface area contributed by atoms with Crippen molar-refractivity contribution in [2.75, 3.05) is 10.6 Å². The Balaban J connectivity index is 1.77. The minimum Gasteiger partial charge on any atom is -0.320 e. The second-order valence-corrected chi connectivity index (χ2v) is 6.09. The molecule has 2 amide bonds. The maximum absolute atomic E-state index is 12.4. The van der Waals surface area contributed by atoms with Gasteiger partial charge in [0.2, 0.25) is 0 Å². The summed E-state index contributed by atoms with van der Waals surface area (Å²) in [7, 11) is 0. The molecule has 3 rings (SSSR count). The Hall–Kier alpha value is -3.18. The van der Waals surface area contributed by atoms with Gasteiger partial charge in [0.05, 0.1) is 16.9 Å². The van der Waals surface area contributed by atoms with Gasteiger partial charge in [-0.2, -0.15) is 0 Å². The smallest absolute Gasteiger partial charge is 0.257 e. The van der Waals surface area contributed by atoms with Gasteiger partial charge in [-0.15, -0.1) is 0 Å². The third-order valence-corrected chi connectivity index (χ3v) is 3.96. The Bertz CT molecular complexity index is 860. The molecule has 6 heteroatoms. The molecule has 0 saturated carbocycles. The first-order chi connectivity index (χ1) is 12.5. The van der Waals surface area contributed by atoms with Crippen LogP contribution in [0, 0.1) is 6.92 Å². The highest BCUT2D eigenvalue weighted by molar-refractivity contribution is 6.30. The molecule has 0 aliphatic heterocycles. The summed E-state index contributed by atoms with van der Waals surface area (Å²) in [6.07, 6.45) is 1.51. The minimum absolute atomic E-state index is 0.291. The number of benzene rings is 2. The van der Waals surface area contributed by atoms with E-state index in [0.717, 1.165) is 5.69 Å². The summed E-state index contributed by atoms with van der Waals surface area (Å²) in [5.74, 6) is -0.592. The lowest BCUT2D eigenvalue weighted by atomic mass is 10.2. The number of nitrogens with zero attached hydrogens (tertiary/aromatic N) is 1. The Morgan fingerprint density at radius 1 is 0.808 bits per heavy atom. The number of hydrogen-bond donors (Lipinski definition) is 2. The Morgan fingerprint density at radius 2 is 1.35 bits per heavy atom. The van der Waals surface area contributed by atoms with E-state index in [2.05, 4.69) is 15.6 Å². The predicted molar refractivity (Wildman–Crippen MR) is 103 cm³/mol. The zero-order valence-electron chi connectivity index (χ0n) is 14.0. The number of nitrogens with one attached hydrogen (secondary N) is 2. The van der Waals surface area contributed by atoms with Crippen LogP contribution >= 0.6 is 11.6 Å². The molecule has 26 heavy (non-hydrogen) atoms. The first-order valence-electron chi connectivity index (χ1n) is 7.93. The zero-order valence-corrected chi connectivity index (χ0v) is 14.7. The first-order valence-corrected chi connectivity index (χ1v) is 8.31. The van der Waals surface area contributed by atoms with Gasteiger partial charge in [0.25, 0.3) is 11.8 Å². The van der Waals surface area contributed by atoms with Crippen molar-refractivity contribution in [3.05, 3.63) is 88.7 Å². The van der Waals surface area contributed by atoms with Crippen LogP contribution in [0.3, 0.4) is 0 Å². The fourth-order valence-electron chi connectivity index (χ4n) is 2.29. The number of hydrogen-bond acceptors (Lipinski definition) is 3. The van der Waals surface area contributed by atoms with Crippen molar-refractivity contribution in [2.24, 2.45) is 0 Å². The van der Waals surface area contributed by atoms with Gasteiger partial charge in [0.15, 0.2) is 0 Å². The Kier molecular flexibility index (Phi) is 5.29. The quantitative estimate of drug-likeness (QED) is 0.712. The van der Waals surface area contributed by atoms with Crippen molar-refractivity contribution >= 4 is 34.8 Å². The van der Waals surface area contributed by atoms with Crippen molar-refractivity contribution < 1.29 is 9.59 Å². The normalized spacial score (nSPS) is 10.2. The van der Waals surface area contributed by atoms with E-state index in [1.807, 2.05) is 6.92 Å². The highest BCUT2D eigenvalue weighted by atomic mass is 35.5. The summed E-state index contributed by atoms with van der Waals surface area (Å²) < 4.78 is 0. The van der Waals surface area contributed by atoms with Crippen molar-refractivity contribution in [3.8, 4) is 0 Å². The van der Waals surface area contributed by atoms with Gasteiger partial charge in [-0.25, -0.2) is 0 Å². The van der Waals surface area contributed by atoms with Gasteiger partial charge >= 0.3 is 0 Å². The lowest BCUT2D eigenvalue weighted by Crippen LogP contribution is -2.17. The van der Waals surface area contributed by atoms with E-state index >= 15 is 0 Å². The average molecular weight is 366 g/mol. The first kappa shape index (κ1) is 17.6. The SMILES string of the molecule is Cc1ccc(C(=O)Nc2ccccc2NC(=O)c2ccc(Cl)cc2)cn1. The van der Waals surface area contributed by atoms with Crippen molar-refractivity contribution in [3.63, 3.8) is 0 Å². The lowest BCUT2D eigenvalue weighted by molar-refractivity contribution is 0.101. The molecule has 1 heterocycles. The summed E-state index contributed by atoms with van der Waals surface area (Å²) in [6.45, 7) is 1.85. The summed E-state index contributed by atoms with van der Waals surface area (Å²) in [4.78, 5) is 28.9. The van der Waals surface area contributed by atoms with E-state index in [4.69, 9.17) is 11.6 Å². The van der Waals surface area contributed by atoms with Crippen molar-refractivity contribution in [1.82, 2.24) is 4.98 Å². The van der Waals surface area contributed by atoms with Crippen LogP contribution in [-0.2, 0) is 0 Å². The van der Waals surface area contributed by atoms with Crippen LogP contribution in [0.2, 0.25) is 5.02 Å². The van der Waals surface area contributed by atoms with E-state index in [1.54, 1.807) is 60.7 Å². The number of carbonyl (C=O) groups is 2. The topological polar surface area (TPSA) is 71.1 Å². The van der Waals surface area contributed by atoms with E-state index in [0.29, 0.717) is 27.5 Å². The molecule has 2 N–H and O–H groups in total. The number of para-hydroxylation sites is 2. The van der Waals surface area contributed by atoms with Crippen molar-refractivity contribution in [2.45, 2.75) is 6.92 Å².